The van der Waals surface area contributed by atoms with Crippen molar-refractivity contribution in [3.05, 3.63) is 24.0 Å². The number of aromatic nitrogens is 3. The van der Waals surface area contributed by atoms with E-state index in [-0.39, 0.29) is 5.95 Å². The standard InChI is InChI=1S/C13H14N4O2/c1-8-15-12(17-13(14)16-8)9-3-4-10-11(7-9)19-6-2-5-18-10/h3-4,7H,2,5-6H2,1H3,(H2,14,15,16,17). The van der Waals surface area contributed by atoms with Crippen molar-refractivity contribution in [3.8, 4) is 22.9 Å². The number of nitrogens with two attached hydrogens (primary N) is 1. The number of benzene rings is 1. The average Bonchev–Trinajstić information content (AvgIpc) is 2.61. The summed E-state index contributed by atoms with van der Waals surface area (Å²) >= 11 is 0. The van der Waals surface area contributed by atoms with E-state index in [1.165, 1.54) is 0 Å². The van der Waals surface area contributed by atoms with Crippen LogP contribution in [0.2, 0.25) is 0 Å². The fraction of sp³-hybridized carbons (Fsp3) is 0.308. The SMILES string of the molecule is Cc1nc(N)nc(-c2ccc3c(c2)OCCCO3)n1. The van der Waals surface area contributed by atoms with Crippen molar-refractivity contribution >= 4 is 5.95 Å². The minimum absolute atomic E-state index is 0.217. The highest BCUT2D eigenvalue weighted by Gasteiger charge is 2.13. The summed E-state index contributed by atoms with van der Waals surface area (Å²) in [5, 5.41) is 0. The molecular weight excluding hydrogens is 244 g/mol. The average molecular weight is 258 g/mol. The van der Waals surface area contributed by atoms with Gasteiger partial charge >= 0.3 is 0 Å². The normalized spacial score (nSPS) is 13.9. The molecule has 0 saturated heterocycles. The van der Waals surface area contributed by atoms with Crippen molar-refractivity contribution in [2.75, 3.05) is 18.9 Å². The Morgan fingerprint density at radius 1 is 1.05 bits per heavy atom. The van der Waals surface area contributed by atoms with Gasteiger partial charge in [0.15, 0.2) is 17.3 Å². The lowest BCUT2D eigenvalue weighted by Crippen LogP contribution is -2.02. The first kappa shape index (κ1) is 11.7. The summed E-state index contributed by atoms with van der Waals surface area (Å²) in [7, 11) is 0. The number of rotatable bonds is 1. The molecule has 0 spiro atoms. The minimum Gasteiger partial charge on any atom is -0.490 e. The van der Waals surface area contributed by atoms with Gasteiger partial charge in [0, 0.05) is 12.0 Å². The van der Waals surface area contributed by atoms with Gasteiger partial charge in [0.05, 0.1) is 13.2 Å². The van der Waals surface area contributed by atoms with Gasteiger partial charge in [0.25, 0.3) is 0 Å². The summed E-state index contributed by atoms with van der Waals surface area (Å²) in [6.45, 7) is 3.10. The summed E-state index contributed by atoms with van der Waals surface area (Å²) in [5.41, 5.74) is 6.48. The van der Waals surface area contributed by atoms with Crippen molar-refractivity contribution in [2.45, 2.75) is 13.3 Å². The molecule has 19 heavy (non-hydrogen) atoms. The Hall–Kier alpha value is -2.37. The third-order valence-corrected chi connectivity index (χ3v) is 2.77. The molecule has 0 radical (unpaired) electrons. The molecule has 98 valence electrons. The van der Waals surface area contributed by atoms with E-state index in [0.717, 1.165) is 17.7 Å². The highest BCUT2D eigenvalue weighted by atomic mass is 16.5. The highest BCUT2D eigenvalue weighted by Crippen LogP contribution is 2.33. The molecule has 0 atom stereocenters. The van der Waals surface area contributed by atoms with Crippen LogP contribution in [0.25, 0.3) is 11.4 Å². The van der Waals surface area contributed by atoms with Gasteiger partial charge in [0.2, 0.25) is 5.95 Å². The number of nitrogens with zero attached hydrogens (tertiary/aromatic N) is 3. The van der Waals surface area contributed by atoms with Crippen LogP contribution in [-0.2, 0) is 0 Å². The lowest BCUT2D eigenvalue weighted by Gasteiger charge is -2.09. The minimum atomic E-state index is 0.217. The van der Waals surface area contributed by atoms with Crippen LogP contribution in [0.4, 0.5) is 5.95 Å². The Bertz CT molecular complexity index is 595. The van der Waals surface area contributed by atoms with Crippen LogP contribution in [-0.4, -0.2) is 28.2 Å². The zero-order valence-electron chi connectivity index (χ0n) is 10.6. The molecule has 2 aromatic rings. The first-order valence-corrected chi connectivity index (χ1v) is 6.10. The van der Waals surface area contributed by atoms with E-state index >= 15 is 0 Å². The van der Waals surface area contributed by atoms with Crippen molar-refractivity contribution in [1.29, 1.82) is 0 Å². The fourth-order valence-electron chi connectivity index (χ4n) is 1.93. The summed E-state index contributed by atoms with van der Waals surface area (Å²) in [5.74, 6) is 2.82. The van der Waals surface area contributed by atoms with E-state index < -0.39 is 0 Å². The van der Waals surface area contributed by atoms with E-state index in [9.17, 15) is 0 Å². The smallest absolute Gasteiger partial charge is 0.223 e. The molecule has 0 saturated carbocycles. The second-order valence-electron chi connectivity index (χ2n) is 4.28. The molecule has 1 aliphatic heterocycles. The van der Waals surface area contributed by atoms with Gasteiger partial charge in [-0.15, -0.1) is 0 Å². The lowest BCUT2D eigenvalue weighted by molar-refractivity contribution is 0.297. The van der Waals surface area contributed by atoms with Gasteiger partial charge in [-0.3, -0.25) is 0 Å². The molecule has 0 fully saturated rings. The molecule has 2 N–H and O–H groups in total. The lowest BCUT2D eigenvalue weighted by atomic mass is 10.2. The Morgan fingerprint density at radius 2 is 1.84 bits per heavy atom. The first-order valence-electron chi connectivity index (χ1n) is 6.10. The molecule has 6 heteroatoms. The van der Waals surface area contributed by atoms with E-state index in [4.69, 9.17) is 15.2 Å². The molecule has 1 aromatic carbocycles. The number of aryl methyl sites for hydroxylation is 1. The monoisotopic (exact) mass is 258 g/mol. The van der Waals surface area contributed by atoms with Gasteiger partial charge in [0.1, 0.15) is 5.82 Å². The van der Waals surface area contributed by atoms with Crippen LogP contribution in [0, 0.1) is 6.92 Å². The molecule has 0 unspecified atom stereocenters. The van der Waals surface area contributed by atoms with Gasteiger partial charge in [-0.05, 0) is 25.1 Å². The molecule has 1 aromatic heterocycles. The second-order valence-corrected chi connectivity index (χ2v) is 4.28. The molecule has 0 amide bonds. The van der Waals surface area contributed by atoms with Crippen molar-refractivity contribution in [1.82, 2.24) is 15.0 Å². The highest BCUT2D eigenvalue weighted by molar-refractivity contribution is 5.61. The number of hydrogen-bond donors (Lipinski definition) is 1. The van der Waals surface area contributed by atoms with E-state index in [1.54, 1.807) is 6.92 Å². The zero-order valence-corrected chi connectivity index (χ0v) is 10.6. The summed E-state index contributed by atoms with van der Waals surface area (Å²) in [6.07, 6.45) is 0.877. The molecule has 1 aliphatic rings. The Balaban J connectivity index is 2.03. The quantitative estimate of drug-likeness (QED) is 0.836. The second kappa shape index (κ2) is 4.72. The van der Waals surface area contributed by atoms with Crippen molar-refractivity contribution in [2.24, 2.45) is 0 Å². The van der Waals surface area contributed by atoms with Crippen LogP contribution < -0.4 is 15.2 Å². The number of nitrogen functional groups attached to an aromatic ring is 1. The molecule has 3 rings (SSSR count). The van der Waals surface area contributed by atoms with Gasteiger partial charge in [-0.2, -0.15) is 9.97 Å². The zero-order chi connectivity index (χ0) is 13.2. The fourth-order valence-corrected chi connectivity index (χ4v) is 1.93. The first-order chi connectivity index (χ1) is 9.22. The number of ether oxygens (including phenoxy) is 2. The van der Waals surface area contributed by atoms with Crippen LogP contribution in [0.1, 0.15) is 12.2 Å². The van der Waals surface area contributed by atoms with E-state index in [1.807, 2.05) is 18.2 Å². The predicted octanol–water partition coefficient (Wildman–Crippen LogP) is 1.59. The van der Waals surface area contributed by atoms with Crippen molar-refractivity contribution < 1.29 is 9.47 Å². The topological polar surface area (TPSA) is 83.2 Å². The Labute approximate surface area is 110 Å². The largest absolute Gasteiger partial charge is 0.490 e. The molecule has 6 nitrogen and oxygen atoms in total. The van der Waals surface area contributed by atoms with E-state index in [0.29, 0.717) is 30.6 Å². The number of anilines is 1. The predicted molar refractivity (Wildman–Crippen MR) is 70.0 cm³/mol. The summed E-state index contributed by atoms with van der Waals surface area (Å²) in [4.78, 5) is 12.4. The van der Waals surface area contributed by atoms with E-state index in [2.05, 4.69) is 15.0 Å². The number of fused-ring (bicyclic) bond motifs is 1. The Morgan fingerprint density at radius 3 is 2.63 bits per heavy atom. The Kier molecular flexibility index (Phi) is 2.91. The molecule has 0 aliphatic carbocycles. The van der Waals surface area contributed by atoms with Gasteiger partial charge < -0.3 is 15.2 Å². The maximum absolute atomic E-state index is 5.64. The summed E-state index contributed by atoms with van der Waals surface area (Å²) < 4.78 is 11.2. The van der Waals surface area contributed by atoms with Gasteiger partial charge in [-0.1, -0.05) is 0 Å². The summed E-state index contributed by atoms with van der Waals surface area (Å²) in [6, 6.07) is 5.63. The van der Waals surface area contributed by atoms with Crippen LogP contribution in [0.3, 0.4) is 0 Å². The molecule has 2 heterocycles. The third kappa shape index (κ3) is 2.42. The molecule has 0 bridgehead atoms. The van der Waals surface area contributed by atoms with Crippen molar-refractivity contribution in [3.63, 3.8) is 0 Å². The van der Waals surface area contributed by atoms with Gasteiger partial charge in [-0.25, -0.2) is 4.98 Å². The van der Waals surface area contributed by atoms with Crippen LogP contribution in [0.5, 0.6) is 11.5 Å². The maximum atomic E-state index is 5.64. The van der Waals surface area contributed by atoms with Crippen LogP contribution in [0.15, 0.2) is 18.2 Å². The third-order valence-electron chi connectivity index (χ3n) is 2.77. The molecular formula is C13H14N4O2. The number of hydrogen-bond acceptors (Lipinski definition) is 6. The van der Waals surface area contributed by atoms with Crippen LogP contribution >= 0.6 is 0 Å². The maximum Gasteiger partial charge on any atom is 0.223 e.